The van der Waals surface area contributed by atoms with Crippen LogP contribution in [0.15, 0.2) is 24.5 Å². The maximum absolute atomic E-state index is 12.6. The van der Waals surface area contributed by atoms with Crippen molar-refractivity contribution in [3.8, 4) is 6.07 Å². The Morgan fingerprint density at radius 2 is 2.04 bits per heavy atom. The molecule has 2 amide bonds. The van der Waals surface area contributed by atoms with Crippen LogP contribution in [0, 0.1) is 28.6 Å². The SMILES string of the molecule is N#CC1(C(=O)N2C[C@H]3CN(Cc4ccncc4)C(=O)[C@H]3C2)CC1. The minimum absolute atomic E-state index is 0.0668. The zero-order chi connectivity index (χ0) is 16.0. The summed E-state index contributed by atoms with van der Waals surface area (Å²) in [5, 5.41) is 9.17. The monoisotopic (exact) mass is 310 g/mol. The minimum atomic E-state index is -0.779. The Labute approximate surface area is 134 Å². The van der Waals surface area contributed by atoms with Gasteiger partial charge in [-0.1, -0.05) is 0 Å². The van der Waals surface area contributed by atoms with Crippen molar-refractivity contribution in [1.82, 2.24) is 14.8 Å². The molecule has 2 saturated heterocycles. The van der Waals surface area contributed by atoms with E-state index in [9.17, 15) is 14.9 Å². The summed E-state index contributed by atoms with van der Waals surface area (Å²) in [6, 6.07) is 5.99. The minimum Gasteiger partial charge on any atom is -0.340 e. The van der Waals surface area contributed by atoms with Gasteiger partial charge in [0.2, 0.25) is 11.8 Å². The highest BCUT2D eigenvalue weighted by Gasteiger charge is 2.56. The van der Waals surface area contributed by atoms with Crippen molar-refractivity contribution in [1.29, 1.82) is 5.26 Å². The van der Waals surface area contributed by atoms with E-state index in [1.807, 2.05) is 17.0 Å². The van der Waals surface area contributed by atoms with E-state index in [1.165, 1.54) is 0 Å². The first kappa shape index (κ1) is 14.2. The summed E-state index contributed by atoms with van der Waals surface area (Å²) in [6.07, 6.45) is 4.79. The second-order valence-corrected chi connectivity index (χ2v) is 6.84. The number of likely N-dealkylation sites (tertiary alicyclic amines) is 2. The fraction of sp³-hybridized carbons (Fsp3) is 0.529. The molecule has 4 rings (SSSR count). The number of hydrogen-bond donors (Lipinski definition) is 0. The zero-order valence-corrected chi connectivity index (χ0v) is 12.8. The topological polar surface area (TPSA) is 77.3 Å². The summed E-state index contributed by atoms with van der Waals surface area (Å²) in [6.45, 7) is 2.36. The average Bonchev–Trinajstić information content (AvgIpc) is 3.19. The lowest BCUT2D eigenvalue weighted by atomic mass is 10.0. The highest BCUT2D eigenvalue weighted by Crippen LogP contribution is 2.48. The smallest absolute Gasteiger partial charge is 0.243 e. The number of nitriles is 1. The quantitative estimate of drug-likeness (QED) is 0.827. The Bertz CT molecular complexity index is 692. The van der Waals surface area contributed by atoms with Gasteiger partial charge in [0.1, 0.15) is 5.41 Å². The molecule has 3 heterocycles. The molecule has 2 atom stereocenters. The number of nitrogens with zero attached hydrogens (tertiary/aromatic N) is 4. The van der Waals surface area contributed by atoms with Crippen molar-refractivity contribution < 1.29 is 9.59 Å². The number of rotatable bonds is 3. The molecule has 1 aromatic rings. The first-order valence-corrected chi connectivity index (χ1v) is 8.01. The standard InChI is InChI=1S/C17H18N4O2/c18-11-17(3-4-17)16(23)21-9-13-8-20(15(22)14(13)10-21)7-12-1-5-19-6-2-12/h1-2,5-6,13-14H,3-4,7-10H2/t13-,14+/m1/s1. The van der Waals surface area contributed by atoms with Gasteiger partial charge in [0, 0.05) is 44.5 Å². The summed E-state index contributed by atoms with van der Waals surface area (Å²) >= 11 is 0. The molecule has 0 radical (unpaired) electrons. The van der Waals surface area contributed by atoms with Gasteiger partial charge in [-0.25, -0.2) is 0 Å². The molecule has 3 aliphatic rings. The first-order chi connectivity index (χ1) is 11.1. The van der Waals surface area contributed by atoms with Crippen molar-refractivity contribution >= 4 is 11.8 Å². The zero-order valence-electron chi connectivity index (χ0n) is 12.8. The molecule has 23 heavy (non-hydrogen) atoms. The van der Waals surface area contributed by atoms with Crippen LogP contribution in [-0.2, 0) is 16.1 Å². The molecule has 1 aliphatic carbocycles. The second-order valence-electron chi connectivity index (χ2n) is 6.84. The fourth-order valence-electron chi connectivity index (χ4n) is 3.76. The number of pyridine rings is 1. The molecule has 0 spiro atoms. The lowest BCUT2D eigenvalue weighted by Crippen LogP contribution is -2.38. The molecule has 0 bridgehead atoms. The third kappa shape index (κ3) is 2.27. The van der Waals surface area contributed by atoms with Crippen LogP contribution in [0.1, 0.15) is 18.4 Å². The molecular weight excluding hydrogens is 292 g/mol. The van der Waals surface area contributed by atoms with Crippen LogP contribution in [0.4, 0.5) is 0 Å². The molecule has 0 N–H and O–H groups in total. The van der Waals surface area contributed by atoms with Crippen molar-refractivity contribution in [2.24, 2.45) is 17.3 Å². The van der Waals surface area contributed by atoms with E-state index in [0.29, 0.717) is 39.0 Å². The Balaban J connectivity index is 1.42. The number of amides is 2. The van der Waals surface area contributed by atoms with E-state index < -0.39 is 5.41 Å². The summed E-state index contributed by atoms with van der Waals surface area (Å²) in [7, 11) is 0. The molecule has 1 aromatic heterocycles. The lowest BCUT2D eigenvalue weighted by molar-refractivity contribution is -0.135. The predicted octanol–water partition coefficient (Wildman–Crippen LogP) is 0.802. The van der Waals surface area contributed by atoms with Crippen LogP contribution in [-0.4, -0.2) is 46.2 Å². The van der Waals surface area contributed by atoms with Crippen LogP contribution >= 0.6 is 0 Å². The Morgan fingerprint density at radius 3 is 2.65 bits per heavy atom. The molecular formula is C17H18N4O2. The van der Waals surface area contributed by atoms with Crippen molar-refractivity contribution in [2.45, 2.75) is 19.4 Å². The van der Waals surface area contributed by atoms with Gasteiger partial charge in [-0.15, -0.1) is 0 Å². The second kappa shape index (κ2) is 5.05. The summed E-state index contributed by atoms with van der Waals surface area (Å²) in [5.74, 6) is 0.157. The van der Waals surface area contributed by atoms with Gasteiger partial charge in [-0.2, -0.15) is 5.26 Å². The third-order valence-corrected chi connectivity index (χ3v) is 5.31. The van der Waals surface area contributed by atoms with Gasteiger partial charge in [0.25, 0.3) is 0 Å². The summed E-state index contributed by atoms with van der Waals surface area (Å²) < 4.78 is 0. The summed E-state index contributed by atoms with van der Waals surface area (Å²) in [4.78, 5) is 32.7. The largest absolute Gasteiger partial charge is 0.340 e. The van der Waals surface area contributed by atoms with E-state index in [2.05, 4.69) is 11.1 Å². The predicted molar refractivity (Wildman–Crippen MR) is 80.5 cm³/mol. The number of fused-ring (bicyclic) bond motifs is 1. The number of hydrogen-bond acceptors (Lipinski definition) is 4. The molecule has 6 heteroatoms. The van der Waals surface area contributed by atoms with Gasteiger partial charge in [0.05, 0.1) is 12.0 Å². The number of carbonyl (C=O) groups is 2. The van der Waals surface area contributed by atoms with E-state index >= 15 is 0 Å². The Kier molecular flexibility index (Phi) is 3.12. The lowest BCUT2D eigenvalue weighted by Gasteiger charge is -2.23. The van der Waals surface area contributed by atoms with Crippen LogP contribution in [0.25, 0.3) is 0 Å². The highest BCUT2D eigenvalue weighted by molar-refractivity contribution is 5.90. The maximum Gasteiger partial charge on any atom is 0.243 e. The van der Waals surface area contributed by atoms with Gasteiger partial charge < -0.3 is 9.80 Å². The van der Waals surface area contributed by atoms with Crippen LogP contribution in [0.5, 0.6) is 0 Å². The Hall–Kier alpha value is -2.42. The molecule has 3 fully saturated rings. The van der Waals surface area contributed by atoms with E-state index in [-0.39, 0.29) is 23.7 Å². The first-order valence-electron chi connectivity index (χ1n) is 8.01. The molecule has 0 aromatic carbocycles. The molecule has 2 aliphatic heterocycles. The fourth-order valence-corrected chi connectivity index (χ4v) is 3.76. The molecule has 118 valence electrons. The van der Waals surface area contributed by atoms with Crippen molar-refractivity contribution in [2.75, 3.05) is 19.6 Å². The maximum atomic E-state index is 12.6. The van der Waals surface area contributed by atoms with E-state index in [0.717, 1.165) is 5.56 Å². The van der Waals surface area contributed by atoms with Crippen LogP contribution in [0.2, 0.25) is 0 Å². The number of aromatic nitrogens is 1. The normalized spacial score (nSPS) is 27.7. The van der Waals surface area contributed by atoms with Crippen molar-refractivity contribution in [3.63, 3.8) is 0 Å². The van der Waals surface area contributed by atoms with E-state index in [4.69, 9.17) is 0 Å². The third-order valence-electron chi connectivity index (χ3n) is 5.31. The Morgan fingerprint density at radius 1 is 1.30 bits per heavy atom. The van der Waals surface area contributed by atoms with Gasteiger partial charge in [-0.3, -0.25) is 14.6 Å². The van der Waals surface area contributed by atoms with Gasteiger partial charge >= 0.3 is 0 Å². The van der Waals surface area contributed by atoms with Gasteiger partial charge in [0.15, 0.2) is 0 Å². The van der Waals surface area contributed by atoms with Crippen LogP contribution < -0.4 is 0 Å². The molecule has 6 nitrogen and oxygen atoms in total. The summed E-state index contributed by atoms with van der Waals surface area (Å²) in [5.41, 5.74) is 0.293. The molecule has 0 unspecified atom stereocenters. The van der Waals surface area contributed by atoms with E-state index in [1.54, 1.807) is 17.3 Å². The molecule has 1 saturated carbocycles. The van der Waals surface area contributed by atoms with Gasteiger partial charge in [-0.05, 0) is 30.5 Å². The average molecular weight is 310 g/mol. The number of carbonyl (C=O) groups excluding carboxylic acids is 2. The highest BCUT2D eigenvalue weighted by atomic mass is 16.2. The van der Waals surface area contributed by atoms with Crippen LogP contribution in [0.3, 0.4) is 0 Å². The van der Waals surface area contributed by atoms with Crippen molar-refractivity contribution in [3.05, 3.63) is 30.1 Å².